The summed E-state index contributed by atoms with van der Waals surface area (Å²) < 4.78 is 38.9. The van der Waals surface area contributed by atoms with Gasteiger partial charge in [0, 0.05) is 20.6 Å². The van der Waals surface area contributed by atoms with E-state index in [9.17, 15) is 23.8 Å². The number of hydrogen-bond donors (Lipinski definition) is 4. The molecule has 1 aliphatic heterocycles. The van der Waals surface area contributed by atoms with Gasteiger partial charge in [0.1, 0.15) is 12.2 Å². The summed E-state index contributed by atoms with van der Waals surface area (Å²) in [6.07, 6.45) is -4.96. The van der Waals surface area contributed by atoms with Crippen molar-refractivity contribution >= 4 is 22.9 Å². The van der Waals surface area contributed by atoms with Crippen molar-refractivity contribution in [3.63, 3.8) is 0 Å². The maximum Gasteiger partial charge on any atom is 0.256 e. The number of carbonyl (C=O) groups is 1. The van der Waals surface area contributed by atoms with Crippen molar-refractivity contribution in [2.24, 2.45) is 0 Å². The SMILES string of the molecule is CNC(=O)C1O[C@@H](n2cnc3c(NCC(F)F)nc(-n4cc(CCOC)nn4)nc32)[C@H](O)[C@@H]1O. The number of halogens is 2. The summed E-state index contributed by atoms with van der Waals surface area (Å²) in [6, 6.07) is 0. The Balaban J connectivity index is 1.76. The number of aromatic nitrogens is 7. The molecule has 4 N–H and O–H groups in total. The number of aliphatic hydroxyl groups excluding tert-OH is 2. The van der Waals surface area contributed by atoms with Crippen LogP contribution in [0.2, 0.25) is 0 Å². The van der Waals surface area contributed by atoms with E-state index in [0.29, 0.717) is 18.7 Å². The summed E-state index contributed by atoms with van der Waals surface area (Å²) >= 11 is 0. The molecule has 16 heteroatoms. The molecule has 0 bridgehead atoms. The zero-order chi connectivity index (χ0) is 24.4. The Bertz CT molecular complexity index is 1160. The van der Waals surface area contributed by atoms with Crippen LogP contribution in [0.25, 0.3) is 17.1 Å². The third-order valence-corrected chi connectivity index (χ3v) is 5.16. The Morgan fingerprint density at radius 3 is 2.82 bits per heavy atom. The summed E-state index contributed by atoms with van der Waals surface area (Å²) in [6.45, 7) is -0.285. The van der Waals surface area contributed by atoms with Gasteiger partial charge >= 0.3 is 0 Å². The third kappa shape index (κ3) is 4.52. The predicted octanol–water partition coefficient (Wildman–Crippen LogP) is -1.36. The highest BCUT2D eigenvalue weighted by molar-refractivity contribution is 5.84. The van der Waals surface area contributed by atoms with Crippen LogP contribution in [0.1, 0.15) is 11.9 Å². The first-order valence-electron chi connectivity index (χ1n) is 10.2. The molecule has 3 aromatic rings. The molecule has 0 aromatic carbocycles. The highest BCUT2D eigenvalue weighted by Gasteiger charge is 2.47. The van der Waals surface area contributed by atoms with Crippen molar-refractivity contribution in [2.45, 2.75) is 37.4 Å². The standard InChI is InChI=1S/C18H23F2N9O5/c1-21-16(32)13-11(30)12(31)17(34-13)28-7-23-10-14(22-5-9(19)20)24-18(25-15(10)28)29-6-8(26-27-29)3-4-33-2/h6-7,9,11-13,17,30-31H,3-5H2,1-2H3,(H,21,32)(H,22,24,25)/t11-,12+,13?,17+/m0/s1. The molecule has 3 aromatic heterocycles. The Hall–Kier alpha value is -3.34. The maximum atomic E-state index is 12.9. The molecule has 34 heavy (non-hydrogen) atoms. The van der Waals surface area contributed by atoms with Gasteiger partial charge < -0.3 is 30.3 Å². The van der Waals surface area contributed by atoms with Crippen molar-refractivity contribution in [3.05, 3.63) is 18.2 Å². The lowest BCUT2D eigenvalue weighted by Gasteiger charge is -2.17. The molecule has 0 spiro atoms. The summed E-state index contributed by atoms with van der Waals surface area (Å²) in [5.41, 5.74) is 0.787. The number of ether oxygens (including phenoxy) is 2. The van der Waals surface area contributed by atoms with E-state index in [1.807, 2.05) is 0 Å². The summed E-state index contributed by atoms with van der Waals surface area (Å²) in [7, 11) is 2.92. The van der Waals surface area contributed by atoms with E-state index in [0.717, 1.165) is 0 Å². The van der Waals surface area contributed by atoms with Gasteiger partial charge in [-0.25, -0.2) is 13.8 Å². The molecular weight excluding hydrogens is 460 g/mol. The van der Waals surface area contributed by atoms with E-state index >= 15 is 0 Å². The molecule has 0 aliphatic carbocycles. The Kier molecular flexibility index (Phi) is 6.92. The van der Waals surface area contributed by atoms with Crippen molar-refractivity contribution in [2.75, 3.05) is 32.6 Å². The molecule has 184 valence electrons. The van der Waals surface area contributed by atoms with Gasteiger partial charge in [-0.3, -0.25) is 9.36 Å². The number of anilines is 1. The lowest BCUT2D eigenvalue weighted by atomic mass is 10.1. The van der Waals surface area contributed by atoms with Crippen LogP contribution in [-0.4, -0.2) is 103 Å². The van der Waals surface area contributed by atoms with Gasteiger partial charge in [0.2, 0.25) is 0 Å². The zero-order valence-corrected chi connectivity index (χ0v) is 18.2. The number of fused-ring (bicyclic) bond motifs is 1. The van der Waals surface area contributed by atoms with Crippen molar-refractivity contribution < 1.29 is 33.3 Å². The molecule has 1 saturated heterocycles. The predicted molar refractivity (Wildman–Crippen MR) is 110 cm³/mol. The second-order valence-electron chi connectivity index (χ2n) is 7.41. The first-order valence-corrected chi connectivity index (χ1v) is 10.2. The highest BCUT2D eigenvalue weighted by atomic mass is 19.3. The molecule has 1 unspecified atom stereocenters. The van der Waals surface area contributed by atoms with E-state index in [2.05, 4.69) is 35.9 Å². The number of nitrogens with zero attached hydrogens (tertiary/aromatic N) is 7. The molecule has 4 atom stereocenters. The number of carbonyl (C=O) groups excluding carboxylic acids is 1. The van der Waals surface area contributed by atoms with Gasteiger partial charge in [-0.1, -0.05) is 5.21 Å². The fourth-order valence-corrected chi connectivity index (χ4v) is 3.46. The number of amides is 1. The van der Waals surface area contributed by atoms with E-state index in [-0.39, 0.29) is 22.9 Å². The first-order chi connectivity index (χ1) is 16.3. The molecule has 0 radical (unpaired) electrons. The van der Waals surface area contributed by atoms with Crippen LogP contribution in [0, 0.1) is 0 Å². The second kappa shape index (κ2) is 9.88. The fraction of sp³-hybridized carbons (Fsp3) is 0.556. The number of aliphatic hydroxyl groups is 2. The van der Waals surface area contributed by atoms with E-state index in [1.165, 1.54) is 22.6 Å². The zero-order valence-electron chi connectivity index (χ0n) is 18.2. The van der Waals surface area contributed by atoms with Crippen LogP contribution in [0.5, 0.6) is 0 Å². The molecular formula is C18H23F2N9O5. The van der Waals surface area contributed by atoms with Crippen molar-refractivity contribution in [1.82, 2.24) is 39.8 Å². The molecule has 1 aliphatic rings. The van der Waals surface area contributed by atoms with Crippen LogP contribution in [0.3, 0.4) is 0 Å². The summed E-state index contributed by atoms with van der Waals surface area (Å²) in [4.78, 5) is 24.8. The number of methoxy groups -OCH3 is 1. The number of rotatable bonds is 9. The number of alkyl halides is 2. The van der Waals surface area contributed by atoms with E-state index < -0.39 is 43.4 Å². The third-order valence-electron chi connectivity index (χ3n) is 5.16. The number of nitrogens with one attached hydrogen (secondary N) is 2. The lowest BCUT2D eigenvalue weighted by molar-refractivity contribution is -0.137. The van der Waals surface area contributed by atoms with Crippen LogP contribution < -0.4 is 10.6 Å². The molecule has 1 fully saturated rings. The van der Waals surface area contributed by atoms with Crippen molar-refractivity contribution in [3.8, 4) is 5.95 Å². The fourth-order valence-electron chi connectivity index (χ4n) is 3.46. The minimum atomic E-state index is -2.66. The maximum absolute atomic E-state index is 12.9. The second-order valence-corrected chi connectivity index (χ2v) is 7.41. The largest absolute Gasteiger partial charge is 0.387 e. The van der Waals surface area contributed by atoms with Gasteiger partial charge in [0.15, 0.2) is 29.3 Å². The quantitative estimate of drug-likeness (QED) is 0.283. The van der Waals surface area contributed by atoms with Crippen LogP contribution in [0.4, 0.5) is 14.6 Å². The average Bonchev–Trinajstić information content (AvgIpc) is 3.54. The molecule has 1 amide bonds. The smallest absolute Gasteiger partial charge is 0.256 e. The van der Waals surface area contributed by atoms with Gasteiger partial charge in [0.25, 0.3) is 18.3 Å². The average molecular weight is 483 g/mol. The number of likely N-dealkylation sites (N-methyl/N-ethyl adjacent to an activating group) is 1. The Morgan fingerprint density at radius 2 is 2.12 bits per heavy atom. The van der Waals surface area contributed by atoms with Crippen LogP contribution >= 0.6 is 0 Å². The Labute approximate surface area is 190 Å². The molecule has 14 nitrogen and oxygen atoms in total. The van der Waals surface area contributed by atoms with Crippen molar-refractivity contribution in [1.29, 1.82) is 0 Å². The normalized spacial score (nSPS) is 22.6. The topological polar surface area (TPSA) is 174 Å². The Morgan fingerprint density at radius 1 is 1.32 bits per heavy atom. The lowest BCUT2D eigenvalue weighted by Crippen LogP contribution is -2.41. The molecule has 4 rings (SSSR count). The first kappa shape index (κ1) is 23.8. The van der Waals surface area contributed by atoms with Gasteiger partial charge in [-0.05, 0) is 0 Å². The summed E-state index contributed by atoms with van der Waals surface area (Å²) in [5.74, 6) is -0.652. The van der Waals surface area contributed by atoms with Gasteiger partial charge in [-0.15, -0.1) is 5.10 Å². The van der Waals surface area contributed by atoms with Gasteiger partial charge in [0.05, 0.1) is 31.4 Å². The monoisotopic (exact) mass is 483 g/mol. The molecule has 4 heterocycles. The van der Waals surface area contributed by atoms with E-state index in [1.54, 1.807) is 13.3 Å². The molecule has 0 saturated carbocycles. The minimum absolute atomic E-state index is 0.0103. The number of hydrogen-bond acceptors (Lipinski definition) is 11. The van der Waals surface area contributed by atoms with Crippen LogP contribution in [-0.2, 0) is 20.7 Å². The number of imidazole rings is 1. The summed E-state index contributed by atoms with van der Waals surface area (Å²) in [5, 5.41) is 33.7. The van der Waals surface area contributed by atoms with Gasteiger partial charge in [-0.2, -0.15) is 14.6 Å². The highest BCUT2D eigenvalue weighted by Crippen LogP contribution is 2.33. The minimum Gasteiger partial charge on any atom is -0.387 e. The van der Waals surface area contributed by atoms with E-state index in [4.69, 9.17) is 9.47 Å². The van der Waals surface area contributed by atoms with Crippen LogP contribution in [0.15, 0.2) is 12.5 Å².